The highest BCUT2D eigenvalue weighted by Gasteiger charge is 2.22. The van der Waals surface area contributed by atoms with E-state index in [2.05, 4.69) is 17.6 Å². The van der Waals surface area contributed by atoms with Crippen LogP contribution in [-0.4, -0.2) is 36.5 Å². The van der Waals surface area contributed by atoms with Gasteiger partial charge in [-0.15, -0.1) is 11.8 Å². The second-order valence-corrected chi connectivity index (χ2v) is 4.75. The zero-order chi connectivity index (χ0) is 9.68. The van der Waals surface area contributed by atoms with E-state index < -0.39 is 0 Å². The third kappa shape index (κ3) is 3.56. The van der Waals surface area contributed by atoms with E-state index in [9.17, 15) is 4.79 Å². The molecule has 1 saturated heterocycles. The van der Waals surface area contributed by atoms with Gasteiger partial charge in [-0.1, -0.05) is 0 Å². The number of carbonyl (C=O) groups is 1. The summed E-state index contributed by atoms with van der Waals surface area (Å²) in [5.74, 6) is 1.35. The Morgan fingerprint density at radius 1 is 1.69 bits per heavy atom. The molecular formula is C9H18N2OS. The predicted octanol–water partition coefficient (Wildman–Crippen LogP) is 0.606. The maximum Gasteiger partial charge on any atom is 0.233 e. The Labute approximate surface area is 84.0 Å². The van der Waals surface area contributed by atoms with Gasteiger partial charge in [-0.2, -0.15) is 0 Å². The summed E-state index contributed by atoms with van der Waals surface area (Å²) in [6.45, 7) is 2.79. The lowest BCUT2D eigenvalue weighted by Gasteiger charge is -2.13. The summed E-state index contributed by atoms with van der Waals surface area (Å²) in [6, 6.07) is 0.357. The van der Waals surface area contributed by atoms with Crippen molar-refractivity contribution < 1.29 is 4.79 Å². The molecule has 1 heterocycles. The molecule has 0 saturated carbocycles. The van der Waals surface area contributed by atoms with Gasteiger partial charge in [-0.05, 0) is 32.6 Å². The van der Waals surface area contributed by atoms with Crippen molar-refractivity contribution in [1.82, 2.24) is 10.6 Å². The van der Waals surface area contributed by atoms with Crippen molar-refractivity contribution in [3.63, 3.8) is 0 Å². The molecule has 1 aliphatic rings. The molecule has 0 spiro atoms. The van der Waals surface area contributed by atoms with E-state index in [1.165, 1.54) is 6.42 Å². The smallest absolute Gasteiger partial charge is 0.233 e. The van der Waals surface area contributed by atoms with Gasteiger partial charge in [0.25, 0.3) is 0 Å². The van der Waals surface area contributed by atoms with Crippen molar-refractivity contribution in [3.05, 3.63) is 0 Å². The molecule has 13 heavy (non-hydrogen) atoms. The molecule has 1 rings (SSSR count). The molecule has 2 N–H and O–H groups in total. The highest BCUT2D eigenvalue weighted by atomic mass is 32.2. The van der Waals surface area contributed by atoms with E-state index >= 15 is 0 Å². The number of carbonyl (C=O) groups excluding carboxylic acids is 1. The van der Waals surface area contributed by atoms with Gasteiger partial charge in [-0.3, -0.25) is 4.79 Å². The molecule has 1 fully saturated rings. The molecule has 1 amide bonds. The van der Waals surface area contributed by atoms with E-state index in [4.69, 9.17) is 0 Å². The molecule has 0 bridgehead atoms. The summed E-state index contributed by atoms with van der Waals surface area (Å²) in [6.07, 6.45) is 2.23. The minimum absolute atomic E-state index is 0.212. The molecule has 4 heteroatoms. The molecule has 76 valence electrons. The number of nitrogens with one attached hydrogen (secondary N) is 2. The number of amides is 1. The zero-order valence-corrected chi connectivity index (χ0v) is 9.12. The van der Waals surface area contributed by atoms with Crippen LogP contribution >= 0.6 is 11.8 Å². The minimum Gasteiger partial charge on any atom is -0.354 e. The predicted molar refractivity (Wildman–Crippen MR) is 57.0 cm³/mol. The SMILES string of the molecule is CNC(C)CNC(=O)C1CCCS1. The summed E-state index contributed by atoms with van der Waals surface area (Å²) >= 11 is 1.78. The monoisotopic (exact) mass is 202 g/mol. The van der Waals surface area contributed by atoms with Gasteiger partial charge < -0.3 is 10.6 Å². The van der Waals surface area contributed by atoms with Gasteiger partial charge in [0.05, 0.1) is 5.25 Å². The summed E-state index contributed by atoms with van der Waals surface area (Å²) in [4.78, 5) is 11.5. The van der Waals surface area contributed by atoms with Crippen molar-refractivity contribution >= 4 is 17.7 Å². The Bertz CT molecular complexity index is 169. The Morgan fingerprint density at radius 3 is 3.00 bits per heavy atom. The molecule has 0 aliphatic carbocycles. The lowest BCUT2D eigenvalue weighted by atomic mass is 10.2. The number of thioether (sulfide) groups is 1. The van der Waals surface area contributed by atoms with Crippen molar-refractivity contribution in [2.75, 3.05) is 19.3 Å². The Hall–Kier alpha value is -0.220. The molecule has 0 aromatic rings. The molecule has 0 radical (unpaired) electrons. The highest BCUT2D eigenvalue weighted by Crippen LogP contribution is 2.25. The fourth-order valence-corrected chi connectivity index (χ4v) is 2.44. The maximum absolute atomic E-state index is 11.5. The van der Waals surface area contributed by atoms with Gasteiger partial charge in [0.1, 0.15) is 0 Å². The first-order valence-corrected chi connectivity index (χ1v) is 5.85. The second-order valence-electron chi connectivity index (χ2n) is 3.44. The quantitative estimate of drug-likeness (QED) is 0.701. The summed E-state index contributed by atoms with van der Waals surface area (Å²) in [7, 11) is 1.90. The first kappa shape index (κ1) is 10.9. The van der Waals surface area contributed by atoms with E-state index in [1.807, 2.05) is 7.05 Å². The van der Waals surface area contributed by atoms with E-state index in [-0.39, 0.29) is 11.2 Å². The Morgan fingerprint density at radius 2 is 2.46 bits per heavy atom. The van der Waals surface area contributed by atoms with Gasteiger partial charge in [0.15, 0.2) is 0 Å². The molecular weight excluding hydrogens is 184 g/mol. The van der Waals surface area contributed by atoms with Crippen LogP contribution in [-0.2, 0) is 4.79 Å². The zero-order valence-electron chi connectivity index (χ0n) is 8.30. The number of rotatable bonds is 4. The molecule has 0 aromatic heterocycles. The third-order valence-electron chi connectivity index (χ3n) is 2.30. The van der Waals surface area contributed by atoms with Gasteiger partial charge in [-0.25, -0.2) is 0 Å². The van der Waals surface area contributed by atoms with Crippen molar-refractivity contribution in [3.8, 4) is 0 Å². The van der Waals surface area contributed by atoms with Crippen LogP contribution in [0.15, 0.2) is 0 Å². The second kappa shape index (κ2) is 5.50. The van der Waals surface area contributed by atoms with Crippen molar-refractivity contribution in [2.45, 2.75) is 31.1 Å². The van der Waals surface area contributed by atoms with Crippen LogP contribution in [0.3, 0.4) is 0 Å². The van der Waals surface area contributed by atoms with Crippen molar-refractivity contribution in [1.29, 1.82) is 0 Å². The lowest BCUT2D eigenvalue weighted by Crippen LogP contribution is -2.40. The Balaban J connectivity index is 2.16. The van der Waals surface area contributed by atoms with Crippen LogP contribution in [0.1, 0.15) is 19.8 Å². The largest absolute Gasteiger partial charge is 0.354 e. The molecule has 0 aromatic carbocycles. The normalized spacial score (nSPS) is 24.3. The Kier molecular flexibility index (Phi) is 4.59. The van der Waals surface area contributed by atoms with Crippen LogP contribution in [0.4, 0.5) is 0 Å². The fraction of sp³-hybridized carbons (Fsp3) is 0.889. The maximum atomic E-state index is 11.5. The van der Waals surface area contributed by atoms with Gasteiger partial charge in [0, 0.05) is 12.6 Å². The minimum atomic E-state index is 0.212. The third-order valence-corrected chi connectivity index (χ3v) is 3.67. The van der Waals surface area contributed by atoms with Gasteiger partial charge >= 0.3 is 0 Å². The molecule has 2 unspecified atom stereocenters. The summed E-state index contributed by atoms with van der Waals surface area (Å²) < 4.78 is 0. The van der Waals surface area contributed by atoms with Gasteiger partial charge in [0.2, 0.25) is 5.91 Å². The highest BCUT2D eigenvalue weighted by molar-refractivity contribution is 8.00. The van der Waals surface area contributed by atoms with Crippen LogP contribution in [0.25, 0.3) is 0 Å². The first-order valence-electron chi connectivity index (χ1n) is 4.80. The average Bonchev–Trinajstić information content (AvgIpc) is 2.66. The molecule has 1 aliphatic heterocycles. The summed E-state index contributed by atoms with van der Waals surface area (Å²) in [5, 5.41) is 6.25. The van der Waals surface area contributed by atoms with Crippen LogP contribution in [0, 0.1) is 0 Å². The van der Waals surface area contributed by atoms with Crippen molar-refractivity contribution in [2.24, 2.45) is 0 Å². The van der Waals surface area contributed by atoms with Crippen LogP contribution in [0.5, 0.6) is 0 Å². The first-order chi connectivity index (χ1) is 6.24. The fourth-order valence-electron chi connectivity index (χ4n) is 1.25. The number of hydrogen-bond acceptors (Lipinski definition) is 3. The van der Waals surface area contributed by atoms with E-state index in [0.29, 0.717) is 6.04 Å². The van der Waals surface area contributed by atoms with E-state index in [0.717, 1.165) is 18.7 Å². The molecule has 2 atom stereocenters. The average molecular weight is 202 g/mol. The topological polar surface area (TPSA) is 41.1 Å². The van der Waals surface area contributed by atoms with Crippen LogP contribution < -0.4 is 10.6 Å². The van der Waals surface area contributed by atoms with E-state index in [1.54, 1.807) is 11.8 Å². The number of hydrogen-bond donors (Lipinski definition) is 2. The standard InChI is InChI=1S/C9H18N2OS/c1-7(10-2)6-11-9(12)8-4-3-5-13-8/h7-8,10H,3-6H2,1-2H3,(H,11,12). The van der Waals surface area contributed by atoms with Crippen LogP contribution in [0.2, 0.25) is 0 Å². The summed E-state index contributed by atoms with van der Waals surface area (Å²) in [5.41, 5.74) is 0. The lowest BCUT2D eigenvalue weighted by molar-refractivity contribution is -0.120. The molecule has 3 nitrogen and oxygen atoms in total. The number of likely N-dealkylation sites (N-methyl/N-ethyl adjacent to an activating group) is 1.